The molecule has 0 heterocycles. The van der Waals surface area contributed by atoms with Crippen molar-refractivity contribution in [3.63, 3.8) is 0 Å². The highest BCUT2D eigenvalue weighted by atomic mass is 19.4. The standard InChI is InChI=1S/C11H17F3N2O/c1-3-4-8(2)16-10(17)7-9(5-6-15)11(12,13)14/h1,8-9H,4-7,15H2,2H3,(H,16,17). The van der Waals surface area contributed by atoms with Crippen LogP contribution in [-0.4, -0.2) is 24.7 Å². The largest absolute Gasteiger partial charge is 0.392 e. The first-order chi connectivity index (χ1) is 7.81. The van der Waals surface area contributed by atoms with Gasteiger partial charge in [-0.15, -0.1) is 12.3 Å². The van der Waals surface area contributed by atoms with E-state index in [0.29, 0.717) is 6.42 Å². The van der Waals surface area contributed by atoms with Crippen molar-refractivity contribution in [2.45, 2.75) is 38.4 Å². The van der Waals surface area contributed by atoms with Gasteiger partial charge in [0.25, 0.3) is 0 Å². The molecule has 0 radical (unpaired) electrons. The first-order valence-electron chi connectivity index (χ1n) is 5.30. The molecule has 0 fully saturated rings. The summed E-state index contributed by atoms with van der Waals surface area (Å²) in [5.74, 6) is -0.0142. The van der Waals surface area contributed by atoms with E-state index in [-0.39, 0.29) is 19.0 Å². The van der Waals surface area contributed by atoms with Crippen molar-refractivity contribution >= 4 is 5.91 Å². The topological polar surface area (TPSA) is 55.1 Å². The second-order valence-electron chi connectivity index (χ2n) is 3.90. The highest BCUT2D eigenvalue weighted by Gasteiger charge is 2.40. The number of terminal acetylenes is 1. The predicted molar refractivity (Wildman–Crippen MR) is 58.9 cm³/mol. The van der Waals surface area contributed by atoms with Crippen LogP contribution in [0.1, 0.15) is 26.2 Å². The Hall–Kier alpha value is -1.22. The van der Waals surface area contributed by atoms with Gasteiger partial charge in [0.05, 0.1) is 5.92 Å². The van der Waals surface area contributed by atoms with Gasteiger partial charge in [-0.3, -0.25) is 4.79 Å². The van der Waals surface area contributed by atoms with Crippen LogP contribution >= 0.6 is 0 Å². The number of hydrogen-bond donors (Lipinski definition) is 2. The molecule has 1 amide bonds. The quantitative estimate of drug-likeness (QED) is 0.701. The molecule has 0 aromatic heterocycles. The molecule has 0 saturated carbocycles. The Morgan fingerprint density at radius 1 is 1.53 bits per heavy atom. The lowest BCUT2D eigenvalue weighted by Gasteiger charge is -2.20. The molecule has 0 aromatic carbocycles. The van der Waals surface area contributed by atoms with E-state index in [4.69, 9.17) is 12.2 Å². The van der Waals surface area contributed by atoms with Crippen LogP contribution in [0.2, 0.25) is 0 Å². The fraction of sp³-hybridized carbons (Fsp3) is 0.727. The van der Waals surface area contributed by atoms with Crippen LogP contribution in [-0.2, 0) is 4.79 Å². The van der Waals surface area contributed by atoms with Crippen molar-refractivity contribution < 1.29 is 18.0 Å². The van der Waals surface area contributed by atoms with Crippen LogP contribution < -0.4 is 11.1 Å². The zero-order valence-electron chi connectivity index (χ0n) is 9.68. The molecule has 0 aromatic rings. The van der Waals surface area contributed by atoms with Gasteiger partial charge in [0.15, 0.2) is 0 Å². The lowest BCUT2D eigenvalue weighted by Crippen LogP contribution is -2.37. The Morgan fingerprint density at radius 2 is 2.12 bits per heavy atom. The molecule has 2 unspecified atom stereocenters. The lowest BCUT2D eigenvalue weighted by molar-refractivity contribution is -0.180. The Bertz CT molecular complexity index is 283. The lowest BCUT2D eigenvalue weighted by atomic mass is 10.00. The van der Waals surface area contributed by atoms with E-state index in [1.54, 1.807) is 6.92 Å². The number of amides is 1. The van der Waals surface area contributed by atoms with Gasteiger partial charge in [-0.25, -0.2) is 0 Å². The molecule has 0 aliphatic carbocycles. The molecule has 0 aliphatic rings. The third-order valence-electron chi connectivity index (χ3n) is 2.24. The van der Waals surface area contributed by atoms with E-state index in [1.807, 2.05) is 0 Å². The summed E-state index contributed by atoms with van der Waals surface area (Å²) in [6.07, 6.45) is 0.0686. The van der Waals surface area contributed by atoms with E-state index in [9.17, 15) is 18.0 Å². The van der Waals surface area contributed by atoms with Gasteiger partial charge < -0.3 is 11.1 Å². The second kappa shape index (κ2) is 7.17. The average molecular weight is 250 g/mol. The number of nitrogens with one attached hydrogen (secondary N) is 1. The first-order valence-corrected chi connectivity index (χ1v) is 5.30. The summed E-state index contributed by atoms with van der Waals surface area (Å²) in [7, 11) is 0. The van der Waals surface area contributed by atoms with Crippen LogP contribution in [0.3, 0.4) is 0 Å². The maximum absolute atomic E-state index is 12.5. The summed E-state index contributed by atoms with van der Waals surface area (Å²) < 4.78 is 37.5. The Morgan fingerprint density at radius 3 is 2.53 bits per heavy atom. The summed E-state index contributed by atoms with van der Waals surface area (Å²) in [4.78, 5) is 11.3. The molecule has 6 heteroatoms. The Kier molecular flexibility index (Phi) is 6.66. The normalized spacial score (nSPS) is 14.8. The van der Waals surface area contributed by atoms with E-state index >= 15 is 0 Å². The van der Waals surface area contributed by atoms with Gasteiger partial charge in [0, 0.05) is 18.9 Å². The smallest absolute Gasteiger partial charge is 0.353 e. The summed E-state index contributed by atoms with van der Waals surface area (Å²) in [6, 6.07) is -0.320. The molecule has 2 atom stereocenters. The molecule has 0 rings (SSSR count). The molecule has 0 bridgehead atoms. The zero-order valence-corrected chi connectivity index (χ0v) is 9.68. The minimum absolute atomic E-state index is 0.0998. The van der Waals surface area contributed by atoms with Crippen molar-refractivity contribution in [3.8, 4) is 12.3 Å². The number of halogens is 3. The summed E-state index contributed by atoms with van der Waals surface area (Å²) in [6.45, 7) is 1.54. The monoisotopic (exact) mass is 250 g/mol. The molecular weight excluding hydrogens is 233 g/mol. The van der Waals surface area contributed by atoms with Gasteiger partial charge in [0.2, 0.25) is 5.91 Å². The number of hydrogen-bond acceptors (Lipinski definition) is 2. The van der Waals surface area contributed by atoms with Crippen LogP contribution in [0, 0.1) is 18.3 Å². The maximum atomic E-state index is 12.5. The van der Waals surface area contributed by atoms with Crippen molar-refractivity contribution in [3.05, 3.63) is 0 Å². The van der Waals surface area contributed by atoms with Crippen molar-refractivity contribution in [2.75, 3.05) is 6.54 Å². The van der Waals surface area contributed by atoms with Gasteiger partial charge in [-0.2, -0.15) is 13.2 Å². The number of carbonyl (C=O) groups excluding carboxylic acids is 1. The van der Waals surface area contributed by atoms with E-state index in [1.165, 1.54) is 0 Å². The molecule has 3 N–H and O–H groups in total. The van der Waals surface area contributed by atoms with Gasteiger partial charge in [-0.05, 0) is 19.9 Å². The number of rotatable bonds is 6. The summed E-state index contributed by atoms with van der Waals surface area (Å²) in [5, 5.41) is 2.42. The van der Waals surface area contributed by atoms with Crippen molar-refractivity contribution in [1.29, 1.82) is 0 Å². The SMILES string of the molecule is C#CCC(C)NC(=O)CC(CCN)C(F)(F)F. The number of carbonyl (C=O) groups is 1. The maximum Gasteiger partial charge on any atom is 0.392 e. The Labute approximate surface area is 98.9 Å². The van der Waals surface area contributed by atoms with E-state index < -0.39 is 24.4 Å². The van der Waals surface area contributed by atoms with Crippen LogP contribution in [0.4, 0.5) is 13.2 Å². The minimum atomic E-state index is -4.40. The number of nitrogens with two attached hydrogens (primary N) is 1. The van der Waals surface area contributed by atoms with Crippen LogP contribution in [0.5, 0.6) is 0 Å². The minimum Gasteiger partial charge on any atom is -0.353 e. The van der Waals surface area contributed by atoms with Crippen molar-refractivity contribution in [2.24, 2.45) is 11.7 Å². The first kappa shape index (κ1) is 15.8. The molecule has 98 valence electrons. The molecule has 17 heavy (non-hydrogen) atoms. The third kappa shape index (κ3) is 6.84. The molecule has 3 nitrogen and oxygen atoms in total. The van der Waals surface area contributed by atoms with Crippen LogP contribution in [0.15, 0.2) is 0 Å². The van der Waals surface area contributed by atoms with Gasteiger partial charge in [-0.1, -0.05) is 0 Å². The third-order valence-corrected chi connectivity index (χ3v) is 2.24. The van der Waals surface area contributed by atoms with Gasteiger partial charge >= 0.3 is 6.18 Å². The molecule has 0 spiro atoms. The highest BCUT2D eigenvalue weighted by Crippen LogP contribution is 2.31. The van der Waals surface area contributed by atoms with Crippen molar-refractivity contribution in [1.82, 2.24) is 5.32 Å². The summed E-state index contributed by atoms with van der Waals surface area (Å²) >= 11 is 0. The molecule has 0 saturated heterocycles. The van der Waals surface area contributed by atoms with Crippen LogP contribution in [0.25, 0.3) is 0 Å². The summed E-state index contributed by atoms with van der Waals surface area (Å²) in [5.41, 5.74) is 5.09. The second-order valence-corrected chi connectivity index (χ2v) is 3.90. The fourth-order valence-corrected chi connectivity index (χ4v) is 1.37. The zero-order chi connectivity index (χ0) is 13.5. The average Bonchev–Trinajstić information content (AvgIpc) is 2.15. The van der Waals surface area contributed by atoms with E-state index in [0.717, 1.165) is 0 Å². The predicted octanol–water partition coefficient (Wildman–Crippen LogP) is 1.43. The number of alkyl halides is 3. The fourth-order valence-electron chi connectivity index (χ4n) is 1.37. The van der Waals surface area contributed by atoms with E-state index in [2.05, 4.69) is 11.2 Å². The van der Waals surface area contributed by atoms with Gasteiger partial charge in [0.1, 0.15) is 0 Å². The molecule has 0 aliphatic heterocycles. The highest BCUT2D eigenvalue weighted by molar-refractivity contribution is 5.76. The Balaban J connectivity index is 4.28. The molecular formula is C11H17F3N2O.